The largest absolute Gasteiger partial charge is 0.493 e. The SMILES string of the molecule is COc1cc(C(=O)N2CCN(Cc3nc4c(s3)CCC4)CC2)c([N+](=O)[O-])cc1OC. The number of thiazole rings is 1. The summed E-state index contributed by atoms with van der Waals surface area (Å²) < 4.78 is 10.4. The molecule has 0 saturated carbocycles. The van der Waals surface area contributed by atoms with Crippen LogP contribution in [0.2, 0.25) is 0 Å². The van der Waals surface area contributed by atoms with Crippen molar-refractivity contribution >= 4 is 22.9 Å². The zero-order valence-corrected chi connectivity index (χ0v) is 17.9. The summed E-state index contributed by atoms with van der Waals surface area (Å²) >= 11 is 1.80. The lowest BCUT2D eigenvalue weighted by atomic mass is 10.1. The van der Waals surface area contributed by atoms with Gasteiger partial charge in [0.15, 0.2) is 11.5 Å². The Morgan fingerprint density at radius 1 is 1.17 bits per heavy atom. The fraction of sp³-hybridized carbons (Fsp3) is 0.500. The maximum atomic E-state index is 13.0. The average molecular weight is 433 g/mol. The van der Waals surface area contributed by atoms with Crippen LogP contribution in [0.15, 0.2) is 12.1 Å². The van der Waals surface area contributed by atoms with Crippen molar-refractivity contribution in [2.75, 3.05) is 40.4 Å². The van der Waals surface area contributed by atoms with Crippen LogP contribution in [0, 0.1) is 10.1 Å². The zero-order chi connectivity index (χ0) is 21.3. The van der Waals surface area contributed by atoms with Gasteiger partial charge in [-0.3, -0.25) is 19.8 Å². The molecule has 1 aliphatic carbocycles. The first-order valence-corrected chi connectivity index (χ1v) is 10.7. The fourth-order valence-corrected chi connectivity index (χ4v) is 5.17. The Kier molecular flexibility index (Phi) is 5.87. The van der Waals surface area contributed by atoms with E-state index >= 15 is 0 Å². The molecule has 1 aromatic carbocycles. The number of aryl methyl sites for hydroxylation is 2. The van der Waals surface area contributed by atoms with Crippen molar-refractivity contribution in [3.63, 3.8) is 0 Å². The van der Waals surface area contributed by atoms with Crippen LogP contribution in [0.1, 0.15) is 32.4 Å². The molecule has 0 bridgehead atoms. The third-order valence-electron chi connectivity index (χ3n) is 5.59. The first-order valence-electron chi connectivity index (χ1n) is 9.89. The lowest BCUT2D eigenvalue weighted by molar-refractivity contribution is -0.385. The van der Waals surface area contributed by atoms with E-state index in [2.05, 4.69) is 4.90 Å². The lowest BCUT2D eigenvalue weighted by Crippen LogP contribution is -2.48. The molecule has 0 N–H and O–H groups in total. The topological polar surface area (TPSA) is 98.0 Å². The standard InChI is InChI=1S/C20H24N4O5S/c1-28-16-10-13(15(24(26)27)11-17(16)29-2)20(25)23-8-6-22(7-9-23)12-19-21-14-4-3-5-18(14)30-19/h10-11H,3-9,12H2,1-2H3. The number of hydrogen-bond acceptors (Lipinski definition) is 8. The fourth-order valence-electron chi connectivity index (χ4n) is 3.97. The van der Waals surface area contributed by atoms with Gasteiger partial charge in [-0.05, 0) is 19.3 Å². The van der Waals surface area contributed by atoms with Gasteiger partial charge in [0, 0.05) is 37.1 Å². The minimum atomic E-state index is -0.562. The number of carbonyl (C=O) groups is 1. The predicted molar refractivity (Wildman–Crippen MR) is 112 cm³/mol. The van der Waals surface area contributed by atoms with Crippen molar-refractivity contribution in [1.82, 2.24) is 14.8 Å². The van der Waals surface area contributed by atoms with E-state index in [9.17, 15) is 14.9 Å². The van der Waals surface area contributed by atoms with E-state index in [1.165, 1.54) is 43.3 Å². The first-order chi connectivity index (χ1) is 14.5. The molecule has 0 unspecified atom stereocenters. The van der Waals surface area contributed by atoms with Crippen LogP contribution in [0.4, 0.5) is 5.69 Å². The summed E-state index contributed by atoms with van der Waals surface area (Å²) in [6, 6.07) is 2.63. The van der Waals surface area contributed by atoms with Gasteiger partial charge in [-0.1, -0.05) is 0 Å². The molecule has 1 aliphatic heterocycles. The summed E-state index contributed by atoms with van der Waals surface area (Å²) in [5.74, 6) is 0.151. The number of amides is 1. The van der Waals surface area contributed by atoms with Gasteiger partial charge in [0.25, 0.3) is 11.6 Å². The smallest absolute Gasteiger partial charge is 0.286 e. The summed E-state index contributed by atoms with van der Waals surface area (Å²) in [5.41, 5.74) is 0.990. The molecule has 0 atom stereocenters. The van der Waals surface area contributed by atoms with Crippen molar-refractivity contribution in [3.05, 3.63) is 43.4 Å². The maximum Gasteiger partial charge on any atom is 0.286 e. The number of ether oxygens (including phenoxy) is 2. The van der Waals surface area contributed by atoms with Gasteiger partial charge in [-0.25, -0.2) is 4.98 Å². The second kappa shape index (κ2) is 8.57. The van der Waals surface area contributed by atoms with Crippen LogP contribution in [0.3, 0.4) is 0 Å². The van der Waals surface area contributed by atoms with Crippen LogP contribution < -0.4 is 9.47 Å². The Hall–Kier alpha value is -2.72. The molecule has 0 radical (unpaired) electrons. The lowest BCUT2D eigenvalue weighted by Gasteiger charge is -2.34. The number of hydrogen-bond donors (Lipinski definition) is 0. The van der Waals surface area contributed by atoms with Gasteiger partial charge in [0.2, 0.25) is 0 Å². The highest BCUT2D eigenvalue weighted by molar-refractivity contribution is 7.11. The number of methoxy groups -OCH3 is 2. The quantitative estimate of drug-likeness (QED) is 0.511. The Balaban J connectivity index is 1.44. The minimum absolute atomic E-state index is 0.0162. The van der Waals surface area contributed by atoms with Crippen molar-refractivity contribution in [1.29, 1.82) is 0 Å². The van der Waals surface area contributed by atoms with Gasteiger partial charge in [0.05, 0.1) is 37.4 Å². The van der Waals surface area contributed by atoms with Crippen LogP contribution >= 0.6 is 11.3 Å². The average Bonchev–Trinajstić information content (AvgIpc) is 3.34. The number of nitro groups is 1. The van der Waals surface area contributed by atoms with Gasteiger partial charge in [-0.15, -0.1) is 11.3 Å². The minimum Gasteiger partial charge on any atom is -0.493 e. The highest BCUT2D eigenvalue weighted by Crippen LogP contribution is 2.35. The molecule has 9 nitrogen and oxygen atoms in total. The normalized spacial score (nSPS) is 16.4. The monoisotopic (exact) mass is 432 g/mol. The highest BCUT2D eigenvalue weighted by Gasteiger charge is 2.30. The third kappa shape index (κ3) is 3.97. The van der Waals surface area contributed by atoms with E-state index in [4.69, 9.17) is 14.5 Å². The Labute approximate surface area is 178 Å². The highest BCUT2D eigenvalue weighted by atomic mass is 32.1. The second-order valence-corrected chi connectivity index (χ2v) is 8.55. The van der Waals surface area contributed by atoms with Crippen LogP contribution in [0.25, 0.3) is 0 Å². The molecule has 30 heavy (non-hydrogen) atoms. The second-order valence-electron chi connectivity index (χ2n) is 7.38. The first kappa shape index (κ1) is 20.5. The van der Waals surface area contributed by atoms with Crippen LogP contribution in [-0.2, 0) is 19.4 Å². The summed E-state index contributed by atoms with van der Waals surface area (Å²) in [5, 5.41) is 12.6. The van der Waals surface area contributed by atoms with Crippen LogP contribution in [0.5, 0.6) is 11.5 Å². The molecule has 160 valence electrons. The Morgan fingerprint density at radius 2 is 1.87 bits per heavy atom. The number of nitrogens with zero attached hydrogens (tertiary/aromatic N) is 4. The van der Waals surface area contributed by atoms with Crippen molar-refractivity contribution in [2.45, 2.75) is 25.8 Å². The van der Waals surface area contributed by atoms with Gasteiger partial charge >= 0.3 is 0 Å². The van der Waals surface area contributed by atoms with Gasteiger partial charge in [-0.2, -0.15) is 0 Å². The molecule has 10 heteroatoms. The van der Waals surface area contributed by atoms with E-state index < -0.39 is 4.92 Å². The van der Waals surface area contributed by atoms with E-state index in [0.717, 1.165) is 24.4 Å². The number of rotatable bonds is 6. The number of piperazine rings is 1. The maximum absolute atomic E-state index is 13.0. The zero-order valence-electron chi connectivity index (χ0n) is 17.0. The van der Waals surface area contributed by atoms with Crippen LogP contribution in [-0.4, -0.2) is 66.0 Å². The molecular weight excluding hydrogens is 408 g/mol. The number of nitro benzene ring substituents is 1. The molecule has 2 aromatic rings. The molecule has 4 rings (SSSR count). The van der Waals surface area contributed by atoms with Gasteiger partial charge < -0.3 is 14.4 Å². The summed E-state index contributed by atoms with van der Waals surface area (Å²) in [4.78, 5) is 34.1. The number of benzene rings is 1. The molecule has 1 aromatic heterocycles. The summed E-state index contributed by atoms with van der Waals surface area (Å²) in [6.07, 6.45) is 3.43. The van der Waals surface area contributed by atoms with E-state index in [1.807, 2.05) is 0 Å². The Morgan fingerprint density at radius 3 is 2.50 bits per heavy atom. The molecule has 2 heterocycles. The molecule has 1 saturated heterocycles. The van der Waals surface area contributed by atoms with E-state index in [0.29, 0.717) is 31.9 Å². The molecule has 1 amide bonds. The number of aromatic nitrogens is 1. The predicted octanol–water partition coefficient (Wildman–Crippen LogP) is 2.52. The number of carbonyl (C=O) groups excluding carboxylic acids is 1. The van der Waals surface area contributed by atoms with Crippen molar-refractivity contribution < 1.29 is 19.2 Å². The molecule has 1 fully saturated rings. The Bertz CT molecular complexity index is 947. The number of fused-ring (bicyclic) bond motifs is 1. The summed E-state index contributed by atoms with van der Waals surface area (Å²) in [7, 11) is 2.84. The molecule has 2 aliphatic rings. The van der Waals surface area contributed by atoms with Crippen molar-refractivity contribution in [2.24, 2.45) is 0 Å². The van der Waals surface area contributed by atoms with E-state index in [-0.39, 0.29) is 22.9 Å². The van der Waals surface area contributed by atoms with Crippen molar-refractivity contribution in [3.8, 4) is 11.5 Å². The van der Waals surface area contributed by atoms with Gasteiger partial charge in [0.1, 0.15) is 10.6 Å². The summed E-state index contributed by atoms with van der Waals surface area (Å²) in [6.45, 7) is 3.22. The molecular formula is C20H24N4O5S. The van der Waals surface area contributed by atoms with E-state index in [1.54, 1.807) is 16.2 Å². The molecule has 0 spiro atoms. The third-order valence-corrected chi connectivity index (χ3v) is 6.73.